The van der Waals surface area contributed by atoms with Gasteiger partial charge in [0.2, 0.25) is 0 Å². The molecule has 0 saturated carbocycles. The van der Waals surface area contributed by atoms with Gasteiger partial charge in [0.05, 0.1) is 0 Å². The molecule has 0 spiro atoms. The van der Waals surface area contributed by atoms with Crippen LogP contribution in [0.15, 0.2) is 101 Å². The van der Waals surface area contributed by atoms with Crippen molar-refractivity contribution in [1.82, 2.24) is 14.9 Å². The summed E-state index contributed by atoms with van der Waals surface area (Å²) >= 11 is 1.19. The number of rotatable bonds is 10. The molecule has 3 N–H and O–H groups in total. The van der Waals surface area contributed by atoms with Gasteiger partial charge in [-0.05, 0) is 80.0 Å². The molecule has 0 unspecified atom stereocenters. The number of H-pyrrole nitrogens is 1. The Kier molecular flexibility index (Phi) is 9.96. The lowest BCUT2D eigenvalue weighted by Crippen LogP contribution is -2.16. The highest BCUT2D eigenvalue weighted by molar-refractivity contribution is 7.94. The summed E-state index contributed by atoms with van der Waals surface area (Å²) < 4.78 is 33.2. The van der Waals surface area contributed by atoms with E-state index in [1.165, 1.54) is 11.3 Å². The van der Waals surface area contributed by atoms with E-state index in [4.69, 9.17) is 4.98 Å². The van der Waals surface area contributed by atoms with Crippen LogP contribution in [0, 0.1) is 0 Å². The summed E-state index contributed by atoms with van der Waals surface area (Å²) in [5.74, 6) is 0. The Morgan fingerprint density at radius 1 is 0.909 bits per heavy atom. The SMILES string of the molecule is CN(C)CCCNc1ccc(-c2cnc3[nH]c4ccc(NS(=O)(=O)c5cccs5)cc4c3c2-c2ccccc2)cc1.COC. The largest absolute Gasteiger partial charge is 0.388 e. The van der Waals surface area contributed by atoms with E-state index in [0.29, 0.717) is 5.69 Å². The number of aromatic amines is 1. The van der Waals surface area contributed by atoms with E-state index in [2.05, 4.69) is 75.2 Å². The van der Waals surface area contributed by atoms with Gasteiger partial charge in [0.15, 0.2) is 0 Å². The molecule has 8 nitrogen and oxygen atoms in total. The fourth-order valence-electron chi connectivity index (χ4n) is 5.06. The molecule has 0 bridgehead atoms. The molecule has 3 aromatic carbocycles. The van der Waals surface area contributed by atoms with Gasteiger partial charge in [-0.25, -0.2) is 13.4 Å². The molecule has 0 fully saturated rings. The number of hydrogen-bond acceptors (Lipinski definition) is 7. The summed E-state index contributed by atoms with van der Waals surface area (Å²) in [7, 11) is 3.75. The lowest BCUT2D eigenvalue weighted by Gasteiger charge is -2.14. The van der Waals surface area contributed by atoms with E-state index in [0.717, 1.165) is 69.4 Å². The molecular formula is C34H37N5O3S2. The van der Waals surface area contributed by atoms with Gasteiger partial charge in [-0.3, -0.25) is 4.72 Å². The van der Waals surface area contributed by atoms with Gasteiger partial charge in [0.25, 0.3) is 10.0 Å². The Morgan fingerprint density at radius 3 is 2.32 bits per heavy atom. The molecule has 228 valence electrons. The topological polar surface area (TPSA) is 99.4 Å². The van der Waals surface area contributed by atoms with E-state index in [1.807, 2.05) is 36.5 Å². The van der Waals surface area contributed by atoms with Crippen LogP contribution in [-0.4, -0.2) is 64.7 Å². The second kappa shape index (κ2) is 14.0. The van der Waals surface area contributed by atoms with Crippen LogP contribution in [0.1, 0.15) is 6.42 Å². The molecule has 0 aliphatic carbocycles. The average molecular weight is 628 g/mol. The molecule has 0 atom stereocenters. The van der Waals surface area contributed by atoms with Crippen molar-refractivity contribution in [3.05, 3.63) is 96.5 Å². The summed E-state index contributed by atoms with van der Waals surface area (Å²) in [5, 5.41) is 7.11. The van der Waals surface area contributed by atoms with Crippen LogP contribution in [0.2, 0.25) is 0 Å². The number of hydrogen-bond donors (Lipinski definition) is 3. The van der Waals surface area contributed by atoms with Gasteiger partial charge in [0.1, 0.15) is 9.86 Å². The Bertz CT molecular complexity index is 1920. The Morgan fingerprint density at radius 2 is 1.64 bits per heavy atom. The second-order valence-corrected chi connectivity index (χ2v) is 13.5. The third kappa shape index (κ3) is 7.11. The lowest BCUT2D eigenvalue weighted by atomic mass is 9.92. The zero-order valence-corrected chi connectivity index (χ0v) is 26.9. The average Bonchev–Trinajstić information content (AvgIpc) is 3.69. The van der Waals surface area contributed by atoms with Crippen LogP contribution in [0.4, 0.5) is 11.4 Å². The van der Waals surface area contributed by atoms with Crippen LogP contribution < -0.4 is 10.0 Å². The lowest BCUT2D eigenvalue weighted by molar-refractivity contribution is 0.277. The molecule has 0 radical (unpaired) electrons. The molecule has 0 amide bonds. The number of benzene rings is 3. The maximum atomic E-state index is 12.9. The van der Waals surface area contributed by atoms with Crippen LogP contribution in [0.3, 0.4) is 0 Å². The predicted molar refractivity (Wildman–Crippen MR) is 184 cm³/mol. The molecule has 0 aliphatic heterocycles. The fourth-order valence-corrected chi connectivity index (χ4v) is 7.10. The summed E-state index contributed by atoms with van der Waals surface area (Å²) in [6, 6.07) is 27.6. The minimum atomic E-state index is -3.67. The number of fused-ring (bicyclic) bond motifs is 3. The first-order valence-corrected chi connectivity index (χ1v) is 16.6. The van der Waals surface area contributed by atoms with Crippen molar-refractivity contribution in [2.45, 2.75) is 10.6 Å². The van der Waals surface area contributed by atoms with E-state index in [-0.39, 0.29) is 4.21 Å². The zero-order chi connectivity index (χ0) is 31.1. The Balaban J connectivity index is 0.00000123. The molecule has 44 heavy (non-hydrogen) atoms. The van der Waals surface area contributed by atoms with E-state index >= 15 is 0 Å². The van der Waals surface area contributed by atoms with E-state index in [1.54, 1.807) is 37.8 Å². The third-order valence-electron chi connectivity index (χ3n) is 7.00. The predicted octanol–water partition coefficient (Wildman–Crippen LogP) is 7.54. The summed E-state index contributed by atoms with van der Waals surface area (Å²) in [4.78, 5) is 10.4. The van der Waals surface area contributed by atoms with Crippen LogP contribution in [0.5, 0.6) is 0 Å². The van der Waals surface area contributed by atoms with Crippen molar-refractivity contribution in [1.29, 1.82) is 0 Å². The number of thiophene rings is 1. The number of pyridine rings is 1. The van der Waals surface area contributed by atoms with Crippen LogP contribution in [0.25, 0.3) is 44.2 Å². The van der Waals surface area contributed by atoms with Crippen molar-refractivity contribution in [2.24, 2.45) is 0 Å². The summed E-state index contributed by atoms with van der Waals surface area (Å²) in [6.45, 7) is 1.95. The highest BCUT2D eigenvalue weighted by Gasteiger charge is 2.19. The summed E-state index contributed by atoms with van der Waals surface area (Å²) in [5.41, 5.74) is 7.39. The van der Waals surface area contributed by atoms with E-state index in [9.17, 15) is 8.42 Å². The molecule has 3 aromatic heterocycles. The number of aromatic nitrogens is 2. The molecule has 6 aromatic rings. The minimum Gasteiger partial charge on any atom is -0.388 e. The minimum absolute atomic E-state index is 0.279. The first kappa shape index (κ1) is 31.2. The van der Waals surface area contributed by atoms with Gasteiger partial charge in [-0.1, -0.05) is 48.5 Å². The number of nitrogens with zero attached hydrogens (tertiary/aromatic N) is 2. The molecule has 10 heteroatoms. The number of methoxy groups -OCH3 is 1. The number of anilines is 2. The van der Waals surface area contributed by atoms with Gasteiger partial charge in [-0.2, -0.15) is 0 Å². The quantitative estimate of drug-likeness (QED) is 0.136. The van der Waals surface area contributed by atoms with Gasteiger partial charge in [0, 0.05) is 65.8 Å². The van der Waals surface area contributed by atoms with Crippen LogP contribution >= 0.6 is 11.3 Å². The number of ether oxygens (including phenoxy) is 1. The van der Waals surface area contributed by atoms with Gasteiger partial charge >= 0.3 is 0 Å². The monoisotopic (exact) mass is 627 g/mol. The number of sulfonamides is 1. The maximum Gasteiger partial charge on any atom is 0.271 e. The van der Waals surface area contributed by atoms with Crippen molar-refractivity contribution in [3.8, 4) is 22.3 Å². The molecule has 6 rings (SSSR count). The Labute approximate surface area is 262 Å². The maximum absolute atomic E-state index is 12.9. The Hall–Kier alpha value is -4.22. The fraction of sp³-hybridized carbons (Fsp3) is 0.206. The first-order chi connectivity index (χ1) is 21.3. The van der Waals surface area contributed by atoms with Gasteiger partial charge < -0.3 is 19.9 Å². The smallest absolute Gasteiger partial charge is 0.271 e. The number of nitrogens with one attached hydrogen (secondary N) is 3. The third-order valence-corrected chi connectivity index (χ3v) is 9.78. The zero-order valence-electron chi connectivity index (χ0n) is 25.3. The van der Waals surface area contributed by atoms with Crippen molar-refractivity contribution in [2.75, 3.05) is 51.4 Å². The highest BCUT2D eigenvalue weighted by atomic mass is 32.2. The molecule has 0 aliphatic rings. The first-order valence-electron chi connectivity index (χ1n) is 14.3. The second-order valence-electron chi connectivity index (χ2n) is 10.6. The van der Waals surface area contributed by atoms with Crippen molar-refractivity contribution in [3.63, 3.8) is 0 Å². The van der Waals surface area contributed by atoms with Crippen molar-refractivity contribution >= 4 is 54.7 Å². The van der Waals surface area contributed by atoms with Crippen LogP contribution in [-0.2, 0) is 14.8 Å². The van der Waals surface area contributed by atoms with Gasteiger partial charge in [-0.15, -0.1) is 11.3 Å². The molecule has 3 heterocycles. The standard InChI is InChI=1S/C32H31N5O2S2.C2H6O/c1-37(2)18-7-17-33-24-13-11-22(12-14-24)27-21-34-32-31(30(27)23-8-4-3-5-9-23)26-20-25(15-16-28(26)35-32)36-41(38,39)29-10-6-19-40-29;1-3-2/h3-6,8-16,19-21,33,36H,7,17-18H2,1-2H3,(H,34,35);1-2H3. The highest BCUT2D eigenvalue weighted by Crippen LogP contribution is 2.41. The van der Waals surface area contributed by atoms with E-state index < -0.39 is 10.0 Å². The molecular weight excluding hydrogens is 591 g/mol. The summed E-state index contributed by atoms with van der Waals surface area (Å²) in [6.07, 6.45) is 2.99. The van der Waals surface area contributed by atoms with Crippen molar-refractivity contribution < 1.29 is 13.2 Å². The normalized spacial score (nSPS) is 11.5. The molecule has 0 saturated heterocycles.